The normalized spacial score (nSPS) is 15.6. The number of nitrogens with zero attached hydrogens (tertiary/aromatic N) is 5. The van der Waals surface area contributed by atoms with Gasteiger partial charge in [0.1, 0.15) is 5.69 Å². The van der Waals surface area contributed by atoms with Gasteiger partial charge in [0.25, 0.3) is 0 Å². The molecule has 0 aliphatic carbocycles. The number of halogens is 1. The van der Waals surface area contributed by atoms with E-state index in [1.807, 2.05) is 22.2 Å². The van der Waals surface area contributed by atoms with Gasteiger partial charge in [0.2, 0.25) is 0 Å². The Morgan fingerprint density at radius 1 is 0.933 bits per heavy atom. The van der Waals surface area contributed by atoms with Crippen molar-refractivity contribution < 1.29 is 0 Å². The molecular formula is C23H22ClN5S. The fourth-order valence-corrected chi connectivity index (χ4v) is 4.99. The number of imidazole rings is 1. The summed E-state index contributed by atoms with van der Waals surface area (Å²) in [6.07, 6.45) is 3.80. The van der Waals surface area contributed by atoms with Crippen LogP contribution in [0.1, 0.15) is 22.9 Å². The molecular weight excluding hydrogens is 414 g/mol. The summed E-state index contributed by atoms with van der Waals surface area (Å²) < 4.78 is 1.98. The second-order valence-corrected chi connectivity index (χ2v) is 8.53. The molecule has 0 unspecified atom stereocenters. The minimum atomic E-state index is 0.258. The summed E-state index contributed by atoms with van der Waals surface area (Å²) >= 11 is 7.85. The van der Waals surface area contributed by atoms with Crippen molar-refractivity contribution >= 4 is 34.1 Å². The Morgan fingerprint density at radius 2 is 1.57 bits per heavy atom. The second-order valence-electron chi connectivity index (χ2n) is 7.30. The van der Waals surface area contributed by atoms with Gasteiger partial charge >= 0.3 is 0 Å². The van der Waals surface area contributed by atoms with E-state index < -0.39 is 0 Å². The first-order valence-corrected chi connectivity index (χ1v) is 11.3. The minimum absolute atomic E-state index is 0.258. The number of hydrogen-bond donors (Lipinski definition) is 0. The maximum Gasteiger partial charge on any atom is 0.195 e. The lowest BCUT2D eigenvalue weighted by Gasteiger charge is -2.38. The highest BCUT2D eigenvalue weighted by Gasteiger charge is 2.25. The molecule has 0 N–H and O–H groups in total. The SMILES string of the molecule is Clc1nc2sccn2c1/C=N/N1CCN(C(c2ccccc2)c2ccccc2)CC1. The fraction of sp³-hybridized carbons (Fsp3) is 0.217. The number of fused-ring (bicyclic) bond motifs is 1. The van der Waals surface area contributed by atoms with Crippen LogP contribution in [0.2, 0.25) is 5.15 Å². The lowest BCUT2D eigenvalue weighted by molar-refractivity contribution is 0.113. The molecule has 0 amide bonds. The Balaban J connectivity index is 1.31. The molecule has 1 fully saturated rings. The second kappa shape index (κ2) is 8.60. The summed E-state index contributed by atoms with van der Waals surface area (Å²) in [6.45, 7) is 3.63. The predicted molar refractivity (Wildman–Crippen MR) is 124 cm³/mol. The first-order valence-electron chi connectivity index (χ1n) is 10.0. The van der Waals surface area contributed by atoms with Crippen molar-refractivity contribution in [2.24, 2.45) is 5.10 Å². The van der Waals surface area contributed by atoms with E-state index in [1.165, 1.54) is 11.1 Å². The third-order valence-corrected chi connectivity index (χ3v) is 6.52. The van der Waals surface area contributed by atoms with Crippen molar-refractivity contribution in [1.29, 1.82) is 0 Å². The standard InChI is InChI=1S/C23H22ClN5S/c24-22-20(29-15-16-30-23(29)26-22)17-25-28-13-11-27(12-14-28)21(18-7-3-1-4-8-18)19-9-5-2-6-10-19/h1-10,15-17,21H,11-14H2/b25-17+. The third-order valence-electron chi connectivity index (χ3n) is 5.48. The van der Waals surface area contributed by atoms with Crippen molar-refractivity contribution in [3.63, 3.8) is 0 Å². The largest absolute Gasteiger partial charge is 0.294 e. The molecule has 2 aromatic carbocycles. The zero-order valence-electron chi connectivity index (χ0n) is 16.4. The number of rotatable bonds is 5. The van der Waals surface area contributed by atoms with Crippen LogP contribution in [-0.2, 0) is 0 Å². The van der Waals surface area contributed by atoms with E-state index in [0.29, 0.717) is 5.15 Å². The van der Waals surface area contributed by atoms with Crippen molar-refractivity contribution in [1.82, 2.24) is 19.3 Å². The highest BCUT2D eigenvalue weighted by atomic mass is 35.5. The molecule has 30 heavy (non-hydrogen) atoms. The summed E-state index contributed by atoms with van der Waals surface area (Å²) in [7, 11) is 0. The van der Waals surface area contributed by atoms with Gasteiger partial charge in [0.05, 0.1) is 12.3 Å². The van der Waals surface area contributed by atoms with Gasteiger partial charge in [-0.25, -0.2) is 4.98 Å². The van der Waals surface area contributed by atoms with Gasteiger partial charge in [-0.1, -0.05) is 72.3 Å². The lowest BCUT2D eigenvalue weighted by Crippen LogP contribution is -2.45. The number of hydrogen-bond acceptors (Lipinski definition) is 5. The molecule has 0 bridgehead atoms. The molecule has 4 aromatic rings. The average molecular weight is 436 g/mol. The minimum Gasteiger partial charge on any atom is -0.294 e. The molecule has 1 aliphatic rings. The maximum absolute atomic E-state index is 6.28. The molecule has 0 atom stereocenters. The maximum atomic E-state index is 6.28. The molecule has 152 valence electrons. The van der Waals surface area contributed by atoms with Crippen LogP contribution in [0, 0.1) is 0 Å². The van der Waals surface area contributed by atoms with Gasteiger partial charge in [-0.05, 0) is 11.1 Å². The summed E-state index contributed by atoms with van der Waals surface area (Å²) in [5.74, 6) is 0. The molecule has 1 aliphatic heterocycles. The third kappa shape index (κ3) is 3.86. The topological polar surface area (TPSA) is 36.1 Å². The summed E-state index contributed by atoms with van der Waals surface area (Å²) in [6, 6.07) is 21.7. The Kier molecular flexibility index (Phi) is 5.53. The first-order chi connectivity index (χ1) is 14.8. The Morgan fingerprint density at radius 3 is 2.20 bits per heavy atom. The zero-order valence-corrected chi connectivity index (χ0v) is 18.0. The average Bonchev–Trinajstić information content (AvgIpc) is 3.36. The molecule has 0 radical (unpaired) electrons. The van der Waals surface area contributed by atoms with Crippen LogP contribution >= 0.6 is 22.9 Å². The van der Waals surface area contributed by atoms with E-state index in [4.69, 9.17) is 16.7 Å². The van der Waals surface area contributed by atoms with E-state index in [0.717, 1.165) is 36.8 Å². The monoisotopic (exact) mass is 435 g/mol. The Bertz CT molecular complexity index is 1090. The Labute approximate surface area is 184 Å². The number of hydrazone groups is 1. The Hall–Kier alpha value is -2.67. The molecule has 0 spiro atoms. The molecule has 0 saturated carbocycles. The quantitative estimate of drug-likeness (QED) is 0.423. The number of aromatic nitrogens is 2. The molecule has 7 heteroatoms. The van der Waals surface area contributed by atoms with Crippen LogP contribution in [-0.4, -0.2) is 51.7 Å². The zero-order chi connectivity index (χ0) is 20.3. The molecule has 5 rings (SSSR count). The van der Waals surface area contributed by atoms with Crippen molar-refractivity contribution in [3.8, 4) is 0 Å². The number of thiazole rings is 1. The lowest BCUT2D eigenvalue weighted by atomic mass is 9.96. The van der Waals surface area contributed by atoms with E-state index in [-0.39, 0.29) is 6.04 Å². The summed E-state index contributed by atoms with van der Waals surface area (Å²) in [5.41, 5.74) is 3.49. The van der Waals surface area contributed by atoms with Gasteiger partial charge in [0.15, 0.2) is 10.1 Å². The van der Waals surface area contributed by atoms with Crippen LogP contribution in [0.3, 0.4) is 0 Å². The number of benzene rings is 2. The van der Waals surface area contributed by atoms with Crippen molar-refractivity contribution in [2.75, 3.05) is 26.2 Å². The van der Waals surface area contributed by atoms with Crippen LogP contribution in [0.25, 0.3) is 4.96 Å². The fourth-order valence-electron chi connectivity index (χ4n) is 4.00. The highest BCUT2D eigenvalue weighted by molar-refractivity contribution is 7.15. The molecule has 2 aromatic heterocycles. The van der Waals surface area contributed by atoms with Crippen molar-refractivity contribution in [2.45, 2.75) is 6.04 Å². The molecule has 5 nitrogen and oxygen atoms in total. The molecule has 1 saturated heterocycles. The van der Waals surface area contributed by atoms with Gasteiger partial charge in [-0.2, -0.15) is 5.10 Å². The predicted octanol–water partition coefficient (Wildman–Crippen LogP) is 4.79. The van der Waals surface area contributed by atoms with E-state index in [1.54, 1.807) is 11.3 Å². The highest BCUT2D eigenvalue weighted by Crippen LogP contribution is 2.29. The van der Waals surface area contributed by atoms with Gasteiger partial charge < -0.3 is 0 Å². The summed E-state index contributed by atoms with van der Waals surface area (Å²) in [5, 5.41) is 9.31. The van der Waals surface area contributed by atoms with Gasteiger partial charge in [0, 0.05) is 37.8 Å². The molecule has 3 heterocycles. The van der Waals surface area contributed by atoms with E-state index in [9.17, 15) is 0 Å². The summed E-state index contributed by atoms with van der Waals surface area (Å²) in [4.78, 5) is 7.80. The number of piperazine rings is 1. The van der Waals surface area contributed by atoms with Crippen LogP contribution in [0.5, 0.6) is 0 Å². The van der Waals surface area contributed by atoms with Crippen LogP contribution in [0.4, 0.5) is 0 Å². The van der Waals surface area contributed by atoms with Crippen LogP contribution < -0.4 is 0 Å². The van der Waals surface area contributed by atoms with Crippen molar-refractivity contribution in [3.05, 3.63) is 94.2 Å². The van der Waals surface area contributed by atoms with Gasteiger partial charge in [-0.15, -0.1) is 11.3 Å². The van der Waals surface area contributed by atoms with E-state index >= 15 is 0 Å². The van der Waals surface area contributed by atoms with Gasteiger partial charge in [-0.3, -0.25) is 14.3 Å². The van der Waals surface area contributed by atoms with Crippen LogP contribution in [0.15, 0.2) is 77.3 Å². The smallest absolute Gasteiger partial charge is 0.195 e. The van der Waals surface area contributed by atoms with E-state index in [2.05, 4.69) is 75.6 Å². The first kappa shape index (κ1) is 19.3.